The summed E-state index contributed by atoms with van der Waals surface area (Å²) in [6.45, 7) is 7.45. The Balaban J connectivity index is 4.25. The molecule has 1 amide bonds. The summed E-state index contributed by atoms with van der Waals surface area (Å²) in [4.78, 5) is 25.9. The maximum atomic E-state index is 11.9. The molecule has 0 saturated carbocycles. The van der Waals surface area contributed by atoms with Gasteiger partial charge in [0.25, 0.3) is 0 Å². The van der Waals surface area contributed by atoms with Gasteiger partial charge < -0.3 is 10.0 Å². The second-order valence-corrected chi connectivity index (χ2v) is 3.81. The molecule has 0 aliphatic carbocycles. The second-order valence-electron chi connectivity index (χ2n) is 3.81. The number of carboxylic acid groups (broad SMARTS) is 1. The predicted octanol–water partition coefficient (Wildman–Crippen LogP) is 0.650. The lowest BCUT2D eigenvalue weighted by atomic mass is 10.2. The second kappa shape index (κ2) is 7.22. The Morgan fingerprint density at radius 3 is 2.12 bits per heavy atom. The number of amides is 1. The van der Waals surface area contributed by atoms with E-state index in [1.807, 2.05) is 20.8 Å². The molecule has 0 rings (SSSR count). The number of hydrogen-bond acceptors (Lipinski definition) is 3. The van der Waals surface area contributed by atoms with Gasteiger partial charge in [-0.25, -0.2) is 0 Å². The first-order chi connectivity index (χ1) is 7.43. The minimum absolute atomic E-state index is 0.0536. The van der Waals surface area contributed by atoms with Crippen LogP contribution in [0.3, 0.4) is 0 Å². The third-order valence-electron chi connectivity index (χ3n) is 2.77. The Bertz CT molecular complexity index is 239. The molecule has 1 atom stereocenters. The van der Waals surface area contributed by atoms with E-state index in [0.29, 0.717) is 19.6 Å². The van der Waals surface area contributed by atoms with Crippen molar-refractivity contribution in [1.82, 2.24) is 9.80 Å². The van der Waals surface area contributed by atoms with Gasteiger partial charge in [-0.1, -0.05) is 0 Å². The topological polar surface area (TPSA) is 60.9 Å². The van der Waals surface area contributed by atoms with Crippen LogP contribution < -0.4 is 0 Å². The summed E-state index contributed by atoms with van der Waals surface area (Å²) in [5, 5.41) is 8.56. The van der Waals surface area contributed by atoms with Gasteiger partial charge in [0.1, 0.15) is 0 Å². The lowest BCUT2D eigenvalue weighted by molar-refractivity contribution is -0.139. The number of rotatable bonds is 7. The van der Waals surface area contributed by atoms with Gasteiger partial charge in [-0.05, 0) is 27.8 Å². The Hall–Kier alpha value is -1.10. The number of nitrogens with zero attached hydrogens (tertiary/aromatic N) is 2. The molecule has 1 N–H and O–H groups in total. The van der Waals surface area contributed by atoms with E-state index >= 15 is 0 Å². The van der Waals surface area contributed by atoms with Crippen molar-refractivity contribution in [1.29, 1.82) is 0 Å². The largest absolute Gasteiger partial charge is 0.481 e. The highest BCUT2D eigenvalue weighted by Gasteiger charge is 2.22. The van der Waals surface area contributed by atoms with Crippen LogP contribution in [-0.4, -0.2) is 59.5 Å². The first kappa shape index (κ1) is 14.9. The number of carbonyl (C=O) groups is 2. The highest BCUT2D eigenvalue weighted by atomic mass is 16.4. The first-order valence-corrected chi connectivity index (χ1v) is 5.64. The normalized spacial score (nSPS) is 12.6. The summed E-state index contributed by atoms with van der Waals surface area (Å²) in [6, 6.07) is -0.265. The van der Waals surface area contributed by atoms with Crippen LogP contribution in [0.25, 0.3) is 0 Å². The fourth-order valence-electron chi connectivity index (χ4n) is 1.45. The molecule has 0 radical (unpaired) electrons. The molecule has 0 heterocycles. The molecule has 5 heteroatoms. The van der Waals surface area contributed by atoms with Crippen molar-refractivity contribution in [3.05, 3.63) is 0 Å². The van der Waals surface area contributed by atoms with Gasteiger partial charge in [0.2, 0.25) is 5.91 Å². The van der Waals surface area contributed by atoms with Gasteiger partial charge in [0, 0.05) is 19.6 Å². The van der Waals surface area contributed by atoms with Crippen LogP contribution in [0.15, 0.2) is 0 Å². The Morgan fingerprint density at radius 2 is 1.75 bits per heavy atom. The molecule has 0 aliphatic heterocycles. The summed E-state index contributed by atoms with van der Waals surface area (Å²) >= 11 is 0. The molecule has 0 aromatic rings. The zero-order valence-corrected chi connectivity index (χ0v) is 10.6. The third kappa shape index (κ3) is 4.61. The smallest absolute Gasteiger partial charge is 0.304 e. The predicted molar refractivity (Wildman–Crippen MR) is 62.3 cm³/mol. The Kier molecular flexibility index (Phi) is 6.72. The van der Waals surface area contributed by atoms with Gasteiger partial charge in [0.05, 0.1) is 12.5 Å². The van der Waals surface area contributed by atoms with Gasteiger partial charge in [-0.2, -0.15) is 0 Å². The number of hydrogen-bond donors (Lipinski definition) is 1. The molecule has 0 bridgehead atoms. The SMILES string of the molecule is CCN(CC)C(=O)C(C)N(C)CCC(=O)O. The molecular formula is C11H22N2O3. The zero-order valence-electron chi connectivity index (χ0n) is 10.6. The van der Waals surface area contributed by atoms with Crippen LogP contribution >= 0.6 is 0 Å². The molecule has 1 unspecified atom stereocenters. The number of likely N-dealkylation sites (N-methyl/N-ethyl adjacent to an activating group) is 2. The van der Waals surface area contributed by atoms with E-state index in [4.69, 9.17) is 5.11 Å². The van der Waals surface area contributed by atoms with Crippen molar-refractivity contribution in [2.45, 2.75) is 33.2 Å². The molecule has 5 nitrogen and oxygen atoms in total. The van der Waals surface area contributed by atoms with E-state index in [1.54, 1.807) is 16.8 Å². The average molecular weight is 230 g/mol. The van der Waals surface area contributed by atoms with Crippen LogP contribution in [0.2, 0.25) is 0 Å². The lowest BCUT2D eigenvalue weighted by Gasteiger charge is -2.28. The quantitative estimate of drug-likeness (QED) is 0.697. The number of carboxylic acids is 1. The van der Waals surface area contributed by atoms with Gasteiger partial charge >= 0.3 is 5.97 Å². The van der Waals surface area contributed by atoms with Crippen molar-refractivity contribution >= 4 is 11.9 Å². The first-order valence-electron chi connectivity index (χ1n) is 5.64. The lowest BCUT2D eigenvalue weighted by Crippen LogP contribution is -2.46. The summed E-state index contributed by atoms with van der Waals surface area (Å²) in [7, 11) is 1.77. The molecule has 0 aromatic carbocycles. The molecule has 0 aromatic heterocycles. The Labute approximate surface area is 97.0 Å². The van der Waals surface area contributed by atoms with Crippen molar-refractivity contribution < 1.29 is 14.7 Å². The molecule has 0 spiro atoms. The van der Waals surface area contributed by atoms with E-state index in [0.717, 1.165) is 0 Å². The fourth-order valence-corrected chi connectivity index (χ4v) is 1.45. The summed E-state index contributed by atoms with van der Waals surface area (Å²) in [6.07, 6.45) is 0.0619. The highest BCUT2D eigenvalue weighted by Crippen LogP contribution is 2.02. The van der Waals surface area contributed by atoms with E-state index in [1.165, 1.54) is 0 Å². The fraction of sp³-hybridized carbons (Fsp3) is 0.818. The minimum atomic E-state index is -0.839. The molecule has 0 fully saturated rings. The number of carbonyl (C=O) groups excluding carboxylic acids is 1. The van der Waals surface area contributed by atoms with E-state index in [9.17, 15) is 9.59 Å². The van der Waals surface area contributed by atoms with Crippen molar-refractivity contribution in [2.75, 3.05) is 26.7 Å². The van der Waals surface area contributed by atoms with E-state index in [-0.39, 0.29) is 18.4 Å². The summed E-state index contributed by atoms with van der Waals surface area (Å²) in [5.41, 5.74) is 0. The average Bonchev–Trinajstić information content (AvgIpc) is 2.26. The molecule has 94 valence electrons. The number of aliphatic carboxylic acids is 1. The molecule has 16 heavy (non-hydrogen) atoms. The molecule has 0 saturated heterocycles. The molecule has 0 aliphatic rings. The Morgan fingerprint density at radius 1 is 1.25 bits per heavy atom. The van der Waals surface area contributed by atoms with Gasteiger partial charge in [0.15, 0.2) is 0 Å². The maximum absolute atomic E-state index is 11.9. The zero-order chi connectivity index (χ0) is 12.7. The van der Waals surface area contributed by atoms with Gasteiger partial charge in [-0.3, -0.25) is 14.5 Å². The highest BCUT2D eigenvalue weighted by molar-refractivity contribution is 5.81. The monoisotopic (exact) mass is 230 g/mol. The van der Waals surface area contributed by atoms with E-state index < -0.39 is 5.97 Å². The van der Waals surface area contributed by atoms with Gasteiger partial charge in [-0.15, -0.1) is 0 Å². The summed E-state index contributed by atoms with van der Waals surface area (Å²) in [5.74, 6) is -0.785. The van der Waals surface area contributed by atoms with Crippen molar-refractivity contribution in [3.8, 4) is 0 Å². The van der Waals surface area contributed by atoms with Crippen LogP contribution in [0.1, 0.15) is 27.2 Å². The van der Waals surface area contributed by atoms with E-state index in [2.05, 4.69) is 0 Å². The van der Waals surface area contributed by atoms with Crippen molar-refractivity contribution in [3.63, 3.8) is 0 Å². The minimum Gasteiger partial charge on any atom is -0.481 e. The standard InChI is InChI=1S/C11H22N2O3/c1-5-13(6-2)11(16)9(3)12(4)8-7-10(14)15/h9H,5-8H2,1-4H3,(H,14,15). The third-order valence-corrected chi connectivity index (χ3v) is 2.77. The summed E-state index contributed by atoms with van der Waals surface area (Å²) < 4.78 is 0. The van der Waals surface area contributed by atoms with Crippen LogP contribution in [0.5, 0.6) is 0 Å². The molecular weight excluding hydrogens is 208 g/mol. The maximum Gasteiger partial charge on any atom is 0.304 e. The van der Waals surface area contributed by atoms with Crippen LogP contribution in [0, 0.1) is 0 Å². The van der Waals surface area contributed by atoms with Crippen molar-refractivity contribution in [2.24, 2.45) is 0 Å². The van der Waals surface area contributed by atoms with Crippen LogP contribution in [0.4, 0.5) is 0 Å². The van der Waals surface area contributed by atoms with Crippen LogP contribution in [-0.2, 0) is 9.59 Å².